The fourth-order valence-electron chi connectivity index (χ4n) is 4.59. The smallest absolute Gasteiger partial charge is 0.139 e. The van der Waals surface area contributed by atoms with Crippen LogP contribution >= 0.6 is 0 Å². The molecule has 5 rings (SSSR count). The number of fused-ring (bicyclic) bond motifs is 3. The second kappa shape index (κ2) is 6.08. The molecule has 3 nitrogen and oxygen atoms in total. The van der Waals surface area contributed by atoms with Gasteiger partial charge in [0.2, 0.25) is 0 Å². The first-order valence-corrected chi connectivity index (χ1v) is 9.45. The van der Waals surface area contributed by atoms with Gasteiger partial charge in [0.25, 0.3) is 0 Å². The number of H-pyrrole nitrogens is 1. The van der Waals surface area contributed by atoms with Crippen LogP contribution in [0.1, 0.15) is 40.0 Å². The van der Waals surface area contributed by atoms with Crippen LogP contribution in [-0.2, 0) is 4.79 Å². The van der Waals surface area contributed by atoms with E-state index in [9.17, 15) is 4.79 Å². The van der Waals surface area contributed by atoms with Crippen molar-refractivity contribution in [3.63, 3.8) is 0 Å². The normalized spacial score (nSPS) is 26.0. The summed E-state index contributed by atoms with van der Waals surface area (Å²) in [5.41, 5.74) is 3.52. The summed E-state index contributed by atoms with van der Waals surface area (Å²) in [6.45, 7) is 6.67. The number of ketones is 1. The number of carbonyl (C=O) groups is 1. The number of para-hydroxylation sites is 2. The molecule has 3 aromatic rings. The molecule has 26 heavy (non-hydrogen) atoms. The molecule has 2 atom stereocenters. The van der Waals surface area contributed by atoms with Crippen LogP contribution < -0.4 is 0 Å². The third-order valence-corrected chi connectivity index (χ3v) is 6.92. The van der Waals surface area contributed by atoms with Gasteiger partial charge in [-0.25, -0.2) is 4.98 Å². The van der Waals surface area contributed by atoms with Gasteiger partial charge in [-0.05, 0) is 36.3 Å². The Bertz CT molecular complexity index is 908. The van der Waals surface area contributed by atoms with Crippen molar-refractivity contribution in [3.8, 4) is 11.4 Å². The van der Waals surface area contributed by atoms with Crippen LogP contribution in [0.2, 0.25) is 0 Å². The van der Waals surface area contributed by atoms with Crippen molar-refractivity contribution < 1.29 is 4.79 Å². The highest BCUT2D eigenvalue weighted by Gasteiger charge is 2.61. The Morgan fingerprint density at radius 1 is 1.00 bits per heavy atom. The molecule has 2 unspecified atom stereocenters. The molecule has 0 radical (unpaired) electrons. The maximum Gasteiger partial charge on any atom is 0.139 e. The predicted molar refractivity (Wildman–Crippen MR) is 106 cm³/mol. The van der Waals surface area contributed by atoms with Crippen molar-refractivity contribution in [2.45, 2.75) is 40.0 Å². The highest BCUT2D eigenvalue weighted by Crippen LogP contribution is 2.63. The molecular weight excluding hydrogens is 320 g/mol. The predicted octanol–water partition coefficient (Wildman–Crippen LogP) is 5.63. The van der Waals surface area contributed by atoms with Gasteiger partial charge < -0.3 is 4.98 Å². The van der Waals surface area contributed by atoms with Gasteiger partial charge in [0.1, 0.15) is 11.6 Å². The highest BCUT2D eigenvalue weighted by atomic mass is 16.1. The van der Waals surface area contributed by atoms with E-state index in [2.05, 4.69) is 42.9 Å². The van der Waals surface area contributed by atoms with Gasteiger partial charge >= 0.3 is 0 Å². The number of benzene rings is 2. The minimum atomic E-state index is 0.0255. The van der Waals surface area contributed by atoms with E-state index >= 15 is 0 Å². The van der Waals surface area contributed by atoms with Gasteiger partial charge in [0.15, 0.2) is 0 Å². The Labute approximate surface area is 154 Å². The van der Waals surface area contributed by atoms with Gasteiger partial charge in [0, 0.05) is 17.4 Å². The molecule has 0 aliphatic heterocycles. The van der Waals surface area contributed by atoms with Gasteiger partial charge in [-0.2, -0.15) is 0 Å². The largest absolute Gasteiger partial charge is 0.338 e. The van der Waals surface area contributed by atoms with Crippen LogP contribution in [0.3, 0.4) is 0 Å². The first-order chi connectivity index (χ1) is 12.4. The van der Waals surface area contributed by atoms with Gasteiger partial charge in [-0.15, -0.1) is 0 Å². The monoisotopic (exact) mass is 346 g/mol. The van der Waals surface area contributed by atoms with E-state index in [0.29, 0.717) is 11.7 Å². The number of aromatic amines is 1. The molecule has 1 N–H and O–H groups in total. The molecular formula is C23H26N2O. The summed E-state index contributed by atoms with van der Waals surface area (Å²) < 4.78 is 0. The summed E-state index contributed by atoms with van der Waals surface area (Å²) in [6, 6.07) is 18.2. The van der Waals surface area contributed by atoms with Gasteiger partial charge in [-0.1, -0.05) is 63.2 Å². The minimum Gasteiger partial charge on any atom is -0.338 e. The fraction of sp³-hybridized carbons (Fsp3) is 0.391. The molecule has 2 fully saturated rings. The molecule has 2 aromatic carbocycles. The van der Waals surface area contributed by atoms with Crippen LogP contribution in [0.25, 0.3) is 22.4 Å². The maximum absolute atomic E-state index is 11.6. The molecule has 0 spiro atoms. The standard InChI is InChI=1S/C13H10N2.C10H16O/c1-2-6-10(7-3-1)13-14-11-8-4-5-9-12(11)15-13;1-9(2)7-4-5-10(9,3)8(11)6-7/h1-9H,(H,14,15);7H,4-6H2,1-3H3. The van der Waals surface area contributed by atoms with E-state index in [1.54, 1.807) is 0 Å². The zero-order valence-corrected chi connectivity index (χ0v) is 15.8. The number of rotatable bonds is 1. The molecule has 1 heterocycles. The number of hydrogen-bond donors (Lipinski definition) is 1. The first kappa shape index (κ1) is 17.0. The summed E-state index contributed by atoms with van der Waals surface area (Å²) in [7, 11) is 0. The molecule has 134 valence electrons. The van der Waals surface area contributed by atoms with E-state index in [4.69, 9.17) is 0 Å². The Balaban J connectivity index is 0.000000136. The van der Waals surface area contributed by atoms with Gasteiger partial charge in [-0.3, -0.25) is 4.79 Å². The molecule has 2 bridgehead atoms. The van der Waals surface area contributed by atoms with Crippen LogP contribution in [0.4, 0.5) is 0 Å². The lowest BCUT2D eigenvalue weighted by atomic mass is 9.70. The van der Waals surface area contributed by atoms with E-state index in [0.717, 1.165) is 35.3 Å². The van der Waals surface area contributed by atoms with Crippen molar-refractivity contribution in [1.82, 2.24) is 9.97 Å². The van der Waals surface area contributed by atoms with E-state index in [-0.39, 0.29) is 10.8 Å². The molecule has 2 saturated carbocycles. The average Bonchev–Trinajstić information content (AvgIpc) is 3.23. The topological polar surface area (TPSA) is 45.8 Å². The molecule has 0 amide bonds. The molecule has 2 aliphatic carbocycles. The minimum absolute atomic E-state index is 0.0255. The first-order valence-electron chi connectivity index (χ1n) is 9.45. The highest BCUT2D eigenvalue weighted by molar-refractivity contribution is 5.89. The van der Waals surface area contributed by atoms with Crippen molar-refractivity contribution in [2.24, 2.45) is 16.7 Å². The lowest BCUT2D eigenvalue weighted by Gasteiger charge is -2.32. The summed E-state index contributed by atoms with van der Waals surface area (Å²) in [5, 5.41) is 0. The molecule has 2 aliphatic rings. The lowest BCUT2D eigenvalue weighted by Crippen LogP contribution is -2.32. The number of aromatic nitrogens is 2. The number of Topliss-reactive ketones (excluding diaryl/α,β-unsaturated/α-hetero) is 1. The number of nitrogens with zero attached hydrogens (tertiary/aromatic N) is 1. The second-order valence-electron chi connectivity index (χ2n) is 8.39. The van der Waals surface area contributed by atoms with Crippen LogP contribution in [0.15, 0.2) is 54.6 Å². The van der Waals surface area contributed by atoms with Crippen molar-refractivity contribution >= 4 is 16.8 Å². The quantitative estimate of drug-likeness (QED) is 0.620. The Hall–Kier alpha value is -2.42. The zero-order chi connectivity index (χ0) is 18.4. The Morgan fingerprint density at radius 2 is 1.69 bits per heavy atom. The van der Waals surface area contributed by atoms with Crippen LogP contribution in [0, 0.1) is 16.7 Å². The average molecular weight is 346 g/mol. The zero-order valence-electron chi connectivity index (χ0n) is 15.8. The SMILES string of the molecule is CC12CCC(CC1=O)C2(C)C.c1ccc(-c2nc3ccccc3[nH]2)cc1. The van der Waals surface area contributed by atoms with Crippen LogP contribution in [-0.4, -0.2) is 15.8 Å². The lowest BCUT2D eigenvalue weighted by molar-refractivity contribution is -0.128. The van der Waals surface area contributed by atoms with Crippen molar-refractivity contribution in [2.75, 3.05) is 0 Å². The second-order valence-corrected chi connectivity index (χ2v) is 8.39. The molecule has 1 aromatic heterocycles. The van der Waals surface area contributed by atoms with E-state index in [1.807, 2.05) is 42.5 Å². The summed E-state index contributed by atoms with van der Waals surface area (Å²) in [6.07, 6.45) is 3.25. The Kier molecular flexibility index (Phi) is 3.98. The van der Waals surface area contributed by atoms with E-state index in [1.165, 1.54) is 6.42 Å². The number of imidazole rings is 1. The molecule has 0 saturated heterocycles. The number of carbonyl (C=O) groups excluding carboxylic acids is 1. The maximum atomic E-state index is 11.6. The molecule has 3 heteroatoms. The third kappa shape index (κ3) is 2.57. The fourth-order valence-corrected chi connectivity index (χ4v) is 4.59. The number of hydrogen-bond acceptors (Lipinski definition) is 2. The summed E-state index contributed by atoms with van der Waals surface area (Å²) >= 11 is 0. The third-order valence-electron chi connectivity index (χ3n) is 6.92. The van der Waals surface area contributed by atoms with Crippen LogP contribution in [0.5, 0.6) is 0 Å². The summed E-state index contributed by atoms with van der Waals surface area (Å²) in [4.78, 5) is 19.4. The van der Waals surface area contributed by atoms with Crippen molar-refractivity contribution in [3.05, 3.63) is 54.6 Å². The Morgan fingerprint density at radius 3 is 2.23 bits per heavy atom. The van der Waals surface area contributed by atoms with Gasteiger partial charge in [0.05, 0.1) is 11.0 Å². The van der Waals surface area contributed by atoms with Crippen molar-refractivity contribution in [1.29, 1.82) is 0 Å². The number of nitrogens with one attached hydrogen (secondary N) is 1. The van der Waals surface area contributed by atoms with E-state index < -0.39 is 0 Å². The summed E-state index contributed by atoms with van der Waals surface area (Å²) in [5.74, 6) is 2.12.